The molecule has 2 heterocycles. The highest BCUT2D eigenvalue weighted by Gasteiger charge is 2.35. The van der Waals surface area contributed by atoms with Gasteiger partial charge in [0.05, 0.1) is 12.7 Å². The Morgan fingerprint density at radius 3 is 2.75 bits per heavy atom. The maximum absolute atomic E-state index is 13.0. The van der Waals surface area contributed by atoms with Gasteiger partial charge in [-0.2, -0.15) is 9.40 Å². The summed E-state index contributed by atoms with van der Waals surface area (Å²) in [5.41, 5.74) is 7.09. The number of aromatic nitrogens is 2. The third-order valence-corrected chi connectivity index (χ3v) is 6.39. The quantitative estimate of drug-likeness (QED) is 0.894. The van der Waals surface area contributed by atoms with Crippen molar-refractivity contribution in [1.29, 1.82) is 0 Å². The van der Waals surface area contributed by atoms with Crippen molar-refractivity contribution >= 4 is 10.0 Å². The van der Waals surface area contributed by atoms with E-state index in [1.807, 2.05) is 37.3 Å². The Hall–Kier alpha value is -1.70. The van der Waals surface area contributed by atoms with Crippen molar-refractivity contribution in [2.45, 2.75) is 49.7 Å². The van der Waals surface area contributed by atoms with Crippen LogP contribution in [0, 0.1) is 0 Å². The molecule has 0 bridgehead atoms. The Labute approximate surface area is 143 Å². The molecular formula is C17H24N4O2S. The fourth-order valence-electron chi connectivity index (χ4n) is 3.22. The molecule has 130 valence electrons. The summed E-state index contributed by atoms with van der Waals surface area (Å²) >= 11 is 0. The summed E-state index contributed by atoms with van der Waals surface area (Å²) < 4.78 is 29.2. The minimum absolute atomic E-state index is 0.138. The highest BCUT2D eigenvalue weighted by Crippen LogP contribution is 2.26. The molecule has 1 aromatic heterocycles. The summed E-state index contributed by atoms with van der Waals surface area (Å²) in [4.78, 5) is 0.242. The van der Waals surface area contributed by atoms with E-state index in [2.05, 4.69) is 5.10 Å². The molecule has 2 atom stereocenters. The molecule has 1 saturated heterocycles. The summed E-state index contributed by atoms with van der Waals surface area (Å²) in [7, 11) is -3.56. The molecule has 2 aromatic rings. The van der Waals surface area contributed by atoms with Crippen LogP contribution in [0.4, 0.5) is 0 Å². The standard InChI is InChI=1S/C17H24N4O2S/c1-14(18)17-9-5-6-10-21(17)24(22,23)16-11-19-20(13-16)12-15-7-3-2-4-8-15/h2-4,7-8,11,13-14,17H,5-6,9-10,12,18H2,1H3/t14-,17-/m0/s1. The van der Waals surface area contributed by atoms with Crippen molar-refractivity contribution in [3.8, 4) is 0 Å². The molecule has 0 unspecified atom stereocenters. The number of benzene rings is 1. The average molecular weight is 348 g/mol. The topological polar surface area (TPSA) is 81.2 Å². The van der Waals surface area contributed by atoms with Gasteiger partial charge in [-0.05, 0) is 25.3 Å². The van der Waals surface area contributed by atoms with E-state index in [1.165, 1.54) is 6.20 Å². The second-order valence-electron chi connectivity index (χ2n) is 6.40. The molecule has 0 aliphatic carbocycles. The van der Waals surface area contributed by atoms with Crippen LogP contribution in [0.1, 0.15) is 31.7 Å². The van der Waals surface area contributed by atoms with Crippen LogP contribution in [0.15, 0.2) is 47.6 Å². The molecule has 0 radical (unpaired) electrons. The molecule has 3 rings (SSSR count). The summed E-state index contributed by atoms with van der Waals surface area (Å²) in [5, 5.41) is 4.22. The Bertz CT molecular complexity index is 771. The van der Waals surface area contributed by atoms with Crippen LogP contribution in [0.5, 0.6) is 0 Å². The van der Waals surface area contributed by atoms with Crippen molar-refractivity contribution in [1.82, 2.24) is 14.1 Å². The van der Waals surface area contributed by atoms with Crippen molar-refractivity contribution in [2.75, 3.05) is 6.54 Å². The van der Waals surface area contributed by atoms with E-state index in [9.17, 15) is 8.42 Å². The first-order valence-corrected chi connectivity index (χ1v) is 9.76. The van der Waals surface area contributed by atoms with E-state index in [4.69, 9.17) is 5.73 Å². The van der Waals surface area contributed by atoms with Crippen molar-refractivity contribution in [3.05, 3.63) is 48.3 Å². The summed E-state index contributed by atoms with van der Waals surface area (Å²) in [6.07, 6.45) is 5.75. The van der Waals surface area contributed by atoms with Crippen molar-refractivity contribution in [3.63, 3.8) is 0 Å². The molecule has 1 fully saturated rings. The maximum Gasteiger partial charge on any atom is 0.246 e. The molecule has 24 heavy (non-hydrogen) atoms. The number of piperidine rings is 1. The van der Waals surface area contributed by atoms with Gasteiger partial charge in [0.25, 0.3) is 0 Å². The number of hydrogen-bond donors (Lipinski definition) is 1. The van der Waals surface area contributed by atoms with Gasteiger partial charge in [0, 0.05) is 24.8 Å². The molecule has 2 N–H and O–H groups in total. The van der Waals surface area contributed by atoms with Crippen LogP contribution in [-0.2, 0) is 16.6 Å². The molecule has 1 aromatic carbocycles. The minimum atomic E-state index is -3.56. The molecular weight excluding hydrogens is 324 g/mol. The zero-order chi connectivity index (χ0) is 17.2. The molecule has 1 aliphatic heterocycles. The molecule has 0 spiro atoms. The highest BCUT2D eigenvalue weighted by atomic mass is 32.2. The van der Waals surface area contributed by atoms with E-state index in [0.717, 1.165) is 24.8 Å². The lowest BCUT2D eigenvalue weighted by atomic mass is 10.00. The summed E-state index contributed by atoms with van der Waals surface area (Å²) in [6.45, 7) is 2.95. The van der Waals surface area contributed by atoms with Crippen LogP contribution in [0.25, 0.3) is 0 Å². The van der Waals surface area contributed by atoms with Gasteiger partial charge in [-0.3, -0.25) is 4.68 Å². The molecule has 7 heteroatoms. The van der Waals surface area contributed by atoms with E-state index in [-0.39, 0.29) is 17.0 Å². The minimum Gasteiger partial charge on any atom is -0.326 e. The Balaban J connectivity index is 1.82. The van der Waals surface area contributed by atoms with Gasteiger partial charge in [-0.15, -0.1) is 0 Å². The Morgan fingerprint density at radius 2 is 2.04 bits per heavy atom. The van der Waals surface area contributed by atoms with Crippen LogP contribution < -0.4 is 5.73 Å². The first-order valence-electron chi connectivity index (χ1n) is 8.32. The lowest BCUT2D eigenvalue weighted by molar-refractivity contribution is 0.227. The maximum atomic E-state index is 13.0. The average Bonchev–Trinajstić information content (AvgIpc) is 3.05. The van der Waals surface area contributed by atoms with E-state index in [1.54, 1.807) is 15.2 Å². The third-order valence-electron chi connectivity index (χ3n) is 4.51. The SMILES string of the molecule is C[C@H](N)[C@@H]1CCCCN1S(=O)(=O)c1cnn(Cc2ccccc2)c1. The molecule has 0 saturated carbocycles. The predicted octanol–water partition coefficient (Wildman–Crippen LogP) is 1.82. The zero-order valence-corrected chi connectivity index (χ0v) is 14.7. The smallest absolute Gasteiger partial charge is 0.246 e. The van der Waals surface area contributed by atoms with Gasteiger partial charge in [-0.1, -0.05) is 36.8 Å². The van der Waals surface area contributed by atoms with Gasteiger partial charge in [0.1, 0.15) is 4.90 Å². The Kier molecular flexibility index (Phi) is 5.03. The van der Waals surface area contributed by atoms with Gasteiger partial charge in [0.2, 0.25) is 10.0 Å². The molecule has 6 nitrogen and oxygen atoms in total. The molecule has 0 amide bonds. The second-order valence-corrected chi connectivity index (χ2v) is 8.29. The first-order chi connectivity index (χ1) is 11.5. The predicted molar refractivity (Wildman–Crippen MR) is 93.0 cm³/mol. The van der Waals surface area contributed by atoms with Crippen LogP contribution in [0.3, 0.4) is 0 Å². The van der Waals surface area contributed by atoms with Gasteiger partial charge < -0.3 is 5.73 Å². The van der Waals surface area contributed by atoms with Crippen LogP contribution in [0.2, 0.25) is 0 Å². The lowest BCUT2D eigenvalue weighted by Gasteiger charge is -2.36. The normalized spacial score (nSPS) is 20.8. The first kappa shape index (κ1) is 17.1. The summed E-state index contributed by atoms with van der Waals surface area (Å²) in [6, 6.07) is 9.53. The van der Waals surface area contributed by atoms with Gasteiger partial charge in [0.15, 0.2) is 0 Å². The van der Waals surface area contributed by atoms with E-state index < -0.39 is 10.0 Å². The fourth-order valence-corrected chi connectivity index (χ4v) is 4.95. The fraction of sp³-hybridized carbons (Fsp3) is 0.471. The number of hydrogen-bond acceptors (Lipinski definition) is 4. The largest absolute Gasteiger partial charge is 0.326 e. The lowest BCUT2D eigenvalue weighted by Crippen LogP contribution is -2.51. The molecule has 1 aliphatic rings. The summed E-state index contributed by atoms with van der Waals surface area (Å²) in [5.74, 6) is 0. The van der Waals surface area contributed by atoms with E-state index >= 15 is 0 Å². The van der Waals surface area contributed by atoms with Crippen LogP contribution in [-0.4, -0.2) is 41.1 Å². The second kappa shape index (κ2) is 7.04. The monoisotopic (exact) mass is 348 g/mol. The van der Waals surface area contributed by atoms with Crippen molar-refractivity contribution in [2.24, 2.45) is 5.73 Å². The number of nitrogens with zero attached hydrogens (tertiary/aromatic N) is 3. The number of nitrogens with two attached hydrogens (primary N) is 1. The third kappa shape index (κ3) is 3.53. The van der Waals surface area contributed by atoms with E-state index in [0.29, 0.717) is 13.1 Å². The number of sulfonamides is 1. The van der Waals surface area contributed by atoms with Crippen LogP contribution >= 0.6 is 0 Å². The van der Waals surface area contributed by atoms with Gasteiger partial charge >= 0.3 is 0 Å². The zero-order valence-electron chi connectivity index (χ0n) is 13.9. The van der Waals surface area contributed by atoms with Crippen molar-refractivity contribution < 1.29 is 8.42 Å². The van der Waals surface area contributed by atoms with Gasteiger partial charge in [-0.25, -0.2) is 8.42 Å². The Morgan fingerprint density at radius 1 is 1.29 bits per heavy atom. The number of rotatable bonds is 5. The highest BCUT2D eigenvalue weighted by molar-refractivity contribution is 7.89.